The van der Waals surface area contributed by atoms with E-state index in [1.54, 1.807) is 26.0 Å². The molecule has 106 valence electrons. The number of anilines is 1. The number of ether oxygens (including phenoxy) is 3. The smallest absolute Gasteiger partial charge is 0.328 e. The first-order chi connectivity index (χ1) is 9.03. The lowest BCUT2D eigenvalue weighted by Gasteiger charge is -2.17. The maximum absolute atomic E-state index is 11.6. The Balaban J connectivity index is 2.94. The number of carbonyl (C=O) groups is 1. The number of hydrogen-bond acceptors (Lipinski definition) is 5. The molecule has 1 aromatic rings. The molecule has 0 saturated heterocycles. The fourth-order valence-electron chi connectivity index (χ4n) is 1.53. The topological polar surface area (TPSA) is 56.8 Å². The van der Waals surface area contributed by atoms with Crippen LogP contribution in [0.5, 0.6) is 11.5 Å². The van der Waals surface area contributed by atoms with Crippen molar-refractivity contribution in [2.45, 2.75) is 19.9 Å². The van der Waals surface area contributed by atoms with Crippen LogP contribution in [-0.4, -0.2) is 32.8 Å². The van der Waals surface area contributed by atoms with E-state index in [0.717, 1.165) is 0 Å². The first kappa shape index (κ1) is 15.4. The standard InChI is InChI=1S/C13H18ClNO4/c1-5-19-13(16)8(2)15-10-6-9(14)11(17-3)7-12(10)18-4/h6-8,15H,5H2,1-4H3. The van der Waals surface area contributed by atoms with Gasteiger partial charge in [0.15, 0.2) is 0 Å². The van der Waals surface area contributed by atoms with E-state index in [4.69, 9.17) is 25.8 Å². The third kappa shape index (κ3) is 3.92. The molecule has 1 aromatic carbocycles. The van der Waals surface area contributed by atoms with Gasteiger partial charge in [-0.05, 0) is 19.9 Å². The number of esters is 1. The third-order valence-electron chi connectivity index (χ3n) is 2.49. The van der Waals surface area contributed by atoms with E-state index in [2.05, 4.69) is 5.32 Å². The van der Waals surface area contributed by atoms with Crippen LogP contribution in [0.15, 0.2) is 12.1 Å². The minimum atomic E-state index is -0.502. The van der Waals surface area contributed by atoms with Gasteiger partial charge in [0.05, 0.1) is 31.5 Å². The van der Waals surface area contributed by atoms with Gasteiger partial charge in [-0.2, -0.15) is 0 Å². The van der Waals surface area contributed by atoms with Crippen molar-refractivity contribution in [2.75, 3.05) is 26.1 Å². The molecule has 0 bridgehead atoms. The molecular formula is C13H18ClNO4. The van der Waals surface area contributed by atoms with Gasteiger partial charge in [-0.3, -0.25) is 0 Å². The molecule has 1 unspecified atom stereocenters. The summed E-state index contributed by atoms with van der Waals surface area (Å²) in [7, 11) is 3.05. The Labute approximate surface area is 117 Å². The lowest BCUT2D eigenvalue weighted by molar-refractivity contribution is -0.143. The number of nitrogens with one attached hydrogen (secondary N) is 1. The van der Waals surface area contributed by atoms with E-state index in [0.29, 0.717) is 28.8 Å². The van der Waals surface area contributed by atoms with E-state index < -0.39 is 6.04 Å². The van der Waals surface area contributed by atoms with Crippen LogP contribution in [0.2, 0.25) is 5.02 Å². The largest absolute Gasteiger partial charge is 0.495 e. The lowest BCUT2D eigenvalue weighted by Crippen LogP contribution is -2.28. The van der Waals surface area contributed by atoms with Crippen molar-refractivity contribution in [3.63, 3.8) is 0 Å². The van der Waals surface area contributed by atoms with Crippen molar-refractivity contribution in [3.8, 4) is 11.5 Å². The normalized spacial score (nSPS) is 11.6. The number of rotatable bonds is 6. The number of halogens is 1. The Morgan fingerprint density at radius 1 is 1.32 bits per heavy atom. The van der Waals surface area contributed by atoms with Crippen LogP contribution >= 0.6 is 11.6 Å². The number of methoxy groups -OCH3 is 2. The fourth-order valence-corrected chi connectivity index (χ4v) is 1.77. The summed E-state index contributed by atoms with van der Waals surface area (Å²) in [5, 5.41) is 3.43. The highest BCUT2D eigenvalue weighted by Crippen LogP contribution is 2.36. The Morgan fingerprint density at radius 2 is 1.95 bits per heavy atom. The Bertz CT molecular complexity index is 451. The zero-order valence-electron chi connectivity index (χ0n) is 11.5. The lowest BCUT2D eigenvalue weighted by atomic mass is 10.2. The first-order valence-electron chi connectivity index (χ1n) is 5.88. The highest BCUT2D eigenvalue weighted by atomic mass is 35.5. The second-order valence-electron chi connectivity index (χ2n) is 3.81. The summed E-state index contributed by atoms with van der Waals surface area (Å²) in [6.45, 7) is 3.80. The van der Waals surface area contributed by atoms with Gasteiger partial charge in [-0.1, -0.05) is 11.6 Å². The maximum Gasteiger partial charge on any atom is 0.328 e. The average Bonchev–Trinajstić information content (AvgIpc) is 2.39. The molecular weight excluding hydrogens is 270 g/mol. The Hall–Kier alpha value is -1.62. The van der Waals surface area contributed by atoms with Crippen molar-refractivity contribution in [1.29, 1.82) is 0 Å². The molecule has 19 heavy (non-hydrogen) atoms. The summed E-state index contributed by atoms with van der Waals surface area (Å²) in [5.74, 6) is 0.710. The molecule has 0 spiro atoms. The predicted octanol–water partition coefficient (Wildman–Crippen LogP) is 2.72. The molecule has 0 aliphatic rings. The predicted molar refractivity (Wildman–Crippen MR) is 74.3 cm³/mol. The van der Waals surface area contributed by atoms with Crippen molar-refractivity contribution in [1.82, 2.24) is 0 Å². The van der Waals surface area contributed by atoms with Gasteiger partial charge in [-0.25, -0.2) is 4.79 Å². The summed E-state index contributed by atoms with van der Waals surface area (Å²) < 4.78 is 15.3. The van der Waals surface area contributed by atoms with Crippen LogP contribution < -0.4 is 14.8 Å². The van der Waals surface area contributed by atoms with Crippen LogP contribution in [0.1, 0.15) is 13.8 Å². The van der Waals surface area contributed by atoms with Crippen LogP contribution in [0, 0.1) is 0 Å². The van der Waals surface area contributed by atoms with E-state index in [1.165, 1.54) is 14.2 Å². The van der Waals surface area contributed by atoms with Gasteiger partial charge in [0.2, 0.25) is 0 Å². The van der Waals surface area contributed by atoms with E-state index in [9.17, 15) is 4.79 Å². The quantitative estimate of drug-likeness (QED) is 0.815. The molecule has 0 radical (unpaired) electrons. The van der Waals surface area contributed by atoms with Crippen molar-refractivity contribution in [2.24, 2.45) is 0 Å². The molecule has 0 aliphatic carbocycles. The van der Waals surface area contributed by atoms with Gasteiger partial charge < -0.3 is 19.5 Å². The summed E-state index contributed by atoms with van der Waals surface area (Å²) in [5.41, 5.74) is 0.605. The van der Waals surface area contributed by atoms with E-state index in [-0.39, 0.29) is 5.97 Å². The average molecular weight is 288 g/mol. The second-order valence-corrected chi connectivity index (χ2v) is 4.21. The Kier molecular flexibility index (Phi) is 5.76. The van der Waals surface area contributed by atoms with E-state index >= 15 is 0 Å². The van der Waals surface area contributed by atoms with Crippen LogP contribution in [0.25, 0.3) is 0 Å². The number of benzene rings is 1. The summed E-state index contributed by atoms with van der Waals surface area (Å²) >= 11 is 6.05. The summed E-state index contributed by atoms with van der Waals surface area (Å²) in [6, 6.07) is 2.80. The number of carbonyl (C=O) groups excluding carboxylic acids is 1. The third-order valence-corrected chi connectivity index (χ3v) is 2.78. The molecule has 0 aromatic heterocycles. The monoisotopic (exact) mass is 287 g/mol. The maximum atomic E-state index is 11.6. The SMILES string of the molecule is CCOC(=O)C(C)Nc1cc(Cl)c(OC)cc1OC. The molecule has 6 heteroatoms. The van der Waals surface area contributed by atoms with E-state index in [1.807, 2.05) is 0 Å². The van der Waals surface area contributed by atoms with Gasteiger partial charge >= 0.3 is 5.97 Å². The van der Waals surface area contributed by atoms with Gasteiger partial charge in [0, 0.05) is 6.07 Å². The van der Waals surface area contributed by atoms with Crippen molar-refractivity contribution >= 4 is 23.3 Å². The summed E-state index contributed by atoms with van der Waals surface area (Å²) in [4.78, 5) is 11.6. The molecule has 0 aliphatic heterocycles. The highest BCUT2D eigenvalue weighted by molar-refractivity contribution is 6.32. The van der Waals surface area contributed by atoms with Crippen LogP contribution in [-0.2, 0) is 9.53 Å². The minimum Gasteiger partial charge on any atom is -0.495 e. The summed E-state index contributed by atoms with van der Waals surface area (Å²) in [6.07, 6.45) is 0. The molecule has 0 heterocycles. The highest BCUT2D eigenvalue weighted by Gasteiger charge is 2.17. The molecule has 1 atom stereocenters. The zero-order valence-corrected chi connectivity index (χ0v) is 12.2. The minimum absolute atomic E-state index is 0.337. The fraction of sp³-hybridized carbons (Fsp3) is 0.462. The Morgan fingerprint density at radius 3 is 2.47 bits per heavy atom. The zero-order chi connectivity index (χ0) is 14.4. The van der Waals surface area contributed by atoms with Gasteiger partial charge in [0.1, 0.15) is 17.5 Å². The molecule has 1 rings (SSSR count). The molecule has 0 amide bonds. The van der Waals surface area contributed by atoms with Crippen molar-refractivity contribution < 1.29 is 19.0 Å². The number of hydrogen-bond donors (Lipinski definition) is 1. The molecule has 0 saturated carbocycles. The van der Waals surface area contributed by atoms with Crippen molar-refractivity contribution in [3.05, 3.63) is 17.2 Å². The molecule has 0 fully saturated rings. The van der Waals surface area contributed by atoms with Crippen LogP contribution in [0.3, 0.4) is 0 Å². The first-order valence-corrected chi connectivity index (χ1v) is 6.26. The van der Waals surface area contributed by atoms with Gasteiger partial charge in [-0.15, -0.1) is 0 Å². The molecule has 5 nitrogen and oxygen atoms in total. The van der Waals surface area contributed by atoms with Crippen LogP contribution in [0.4, 0.5) is 5.69 Å². The second kappa shape index (κ2) is 7.09. The van der Waals surface area contributed by atoms with Gasteiger partial charge in [0.25, 0.3) is 0 Å². The molecule has 1 N–H and O–H groups in total.